The third-order valence-corrected chi connectivity index (χ3v) is 2.95. The molecule has 0 fully saturated rings. The van der Waals surface area contributed by atoms with Gasteiger partial charge in [0.05, 0.1) is 6.61 Å². The Hall–Kier alpha value is -0.980. The highest BCUT2D eigenvalue weighted by Crippen LogP contribution is 2.24. The SMILES string of the molecule is CCC(C)COc1ccc(C(C)(C)C)cc1. The molecule has 0 amide bonds. The molecule has 1 atom stereocenters. The van der Waals surface area contributed by atoms with Gasteiger partial charge in [0, 0.05) is 0 Å². The van der Waals surface area contributed by atoms with Crippen molar-refractivity contribution in [2.75, 3.05) is 6.61 Å². The van der Waals surface area contributed by atoms with E-state index in [1.54, 1.807) is 0 Å². The van der Waals surface area contributed by atoms with Crippen molar-refractivity contribution < 1.29 is 4.74 Å². The van der Waals surface area contributed by atoms with Gasteiger partial charge in [0.1, 0.15) is 5.75 Å². The molecule has 1 heteroatoms. The van der Waals surface area contributed by atoms with Crippen LogP contribution in [-0.2, 0) is 5.41 Å². The third kappa shape index (κ3) is 3.88. The largest absolute Gasteiger partial charge is 0.493 e. The highest BCUT2D eigenvalue weighted by atomic mass is 16.5. The summed E-state index contributed by atoms with van der Waals surface area (Å²) in [5.41, 5.74) is 1.57. The van der Waals surface area contributed by atoms with E-state index in [9.17, 15) is 0 Å². The molecule has 16 heavy (non-hydrogen) atoms. The van der Waals surface area contributed by atoms with Gasteiger partial charge in [-0.25, -0.2) is 0 Å². The molecule has 0 bridgehead atoms. The zero-order valence-corrected chi connectivity index (χ0v) is 11.2. The first-order chi connectivity index (χ1) is 7.43. The molecule has 0 aromatic heterocycles. The van der Waals surface area contributed by atoms with Crippen molar-refractivity contribution in [2.45, 2.75) is 46.5 Å². The Balaban J connectivity index is 2.58. The summed E-state index contributed by atoms with van der Waals surface area (Å²) in [4.78, 5) is 0. The zero-order chi connectivity index (χ0) is 12.2. The van der Waals surface area contributed by atoms with Gasteiger partial charge in [-0.05, 0) is 29.0 Å². The molecule has 90 valence electrons. The van der Waals surface area contributed by atoms with Crippen LogP contribution in [0.15, 0.2) is 24.3 Å². The molecule has 1 aromatic carbocycles. The molecular formula is C15H24O. The Bertz CT molecular complexity index is 305. The summed E-state index contributed by atoms with van der Waals surface area (Å²) >= 11 is 0. The van der Waals surface area contributed by atoms with E-state index < -0.39 is 0 Å². The third-order valence-electron chi connectivity index (χ3n) is 2.95. The lowest BCUT2D eigenvalue weighted by molar-refractivity contribution is 0.256. The van der Waals surface area contributed by atoms with E-state index in [4.69, 9.17) is 4.74 Å². The summed E-state index contributed by atoms with van der Waals surface area (Å²) in [6.45, 7) is 11.9. The van der Waals surface area contributed by atoms with Crippen molar-refractivity contribution in [3.8, 4) is 5.75 Å². The van der Waals surface area contributed by atoms with E-state index in [1.807, 2.05) is 0 Å². The average Bonchev–Trinajstić information content (AvgIpc) is 2.25. The van der Waals surface area contributed by atoms with E-state index in [0.717, 1.165) is 12.4 Å². The van der Waals surface area contributed by atoms with E-state index in [-0.39, 0.29) is 5.41 Å². The van der Waals surface area contributed by atoms with E-state index >= 15 is 0 Å². The smallest absolute Gasteiger partial charge is 0.119 e. The fourth-order valence-electron chi connectivity index (χ4n) is 1.41. The number of hydrogen-bond donors (Lipinski definition) is 0. The Morgan fingerprint density at radius 1 is 1.12 bits per heavy atom. The number of benzene rings is 1. The summed E-state index contributed by atoms with van der Waals surface area (Å²) in [5.74, 6) is 1.61. The Kier molecular flexibility index (Phi) is 4.40. The lowest BCUT2D eigenvalue weighted by atomic mass is 9.87. The van der Waals surface area contributed by atoms with Crippen LogP contribution in [0.4, 0.5) is 0 Å². The molecule has 0 saturated heterocycles. The van der Waals surface area contributed by atoms with Gasteiger partial charge in [0.25, 0.3) is 0 Å². The molecule has 0 N–H and O–H groups in total. The summed E-state index contributed by atoms with van der Waals surface area (Å²) in [6, 6.07) is 8.46. The Morgan fingerprint density at radius 3 is 2.12 bits per heavy atom. The van der Waals surface area contributed by atoms with Gasteiger partial charge < -0.3 is 4.74 Å². The standard InChI is InChI=1S/C15H24O/c1-6-12(2)11-16-14-9-7-13(8-10-14)15(3,4)5/h7-10,12H,6,11H2,1-5H3. The van der Waals surface area contributed by atoms with Crippen molar-refractivity contribution in [3.63, 3.8) is 0 Å². The van der Waals surface area contributed by atoms with Crippen molar-refractivity contribution in [1.82, 2.24) is 0 Å². The van der Waals surface area contributed by atoms with Crippen molar-refractivity contribution in [1.29, 1.82) is 0 Å². The summed E-state index contributed by atoms with van der Waals surface area (Å²) in [5, 5.41) is 0. The van der Waals surface area contributed by atoms with Crippen LogP contribution in [0.2, 0.25) is 0 Å². The minimum atomic E-state index is 0.218. The van der Waals surface area contributed by atoms with Gasteiger partial charge >= 0.3 is 0 Å². The molecule has 1 nitrogen and oxygen atoms in total. The summed E-state index contributed by atoms with van der Waals surface area (Å²) < 4.78 is 5.73. The predicted octanol–water partition coefficient (Wildman–Crippen LogP) is 4.41. The first kappa shape index (κ1) is 13.1. The number of hydrogen-bond acceptors (Lipinski definition) is 1. The van der Waals surface area contributed by atoms with Crippen LogP contribution >= 0.6 is 0 Å². The minimum absolute atomic E-state index is 0.218. The quantitative estimate of drug-likeness (QED) is 0.730. The number of rotatable bonds is 4. The van der Waals surface area contributed by atoms with Gasteiger partial charge in [0.15, 0.2) is 0 Å². The van der Waals surface area contributed by atoms with Crippen molar-refractivity contribution in [2.24, 2.45) is 5.92 Å². The van der Waals surface area contributed by atoms with Crippen LogP contribution in [0.3, 0.4) is 0 Å². The van der Waals surface area contributed by atoms with Crippen LogP contribution in [0, 0.1) is 5.92 Å². The minimum Gasteiger partial charge on any atom is -0.493 e. The molecule has 0 saturated carbocycles. The van der Waals surface area contributed by atoms with Crippen molar-refractivity contribution >= 4 is 0 Å². The molecule has 0 spiro atoms. The van der Waals surface area contributed by atoms with E-state index in [1.165, 1.54) is 12.0 Å². The van der Waals surface area contributed by atoms with Crippen LogP contribution in [0.5, 0.6) is 5.75 Å². The normalized spacial score (nSPS) is 13.6. The van der Waals surface area contributed by atoms with Gasteiger partial charge in [-0.3, -0.25) is 0 Å². The van der Waals surface area contributed by atoms with Gasteiger partial charge in [0.2, 0.25) is 0 Å². The van der Waals surface area contributed by atoms with E-state index in [2.05, 4.69) is 58.9 Å². The summed E-state index contributed by atoms with van der Waals surface area (Å²) in [6.07, 6.45) is 1.17. The fraction of sp³-hybridized carbons (Fsp3) is 0.600. The average molecular weight is 220 g/mol. The number of ether oxygens (including phenoxy) is 1. The second-order valence-electron chi connectivity index (χ2n) is 5.60. The molecule has 1 aromatic rings. The second-order valence-corrected chi connectivity index (χ2v) is 5.60. The summed E-state index contributed by atoms with van der Waals surface area (Å²) in [7, 11) is 0. The van der Waals surface area contributed by atoms with Crippen LogP contribution in [0.25, 0.3) is 0 Å². The molecule has 0 aliphatic rings. The van der Waals surface area contributed by atoms with Crippen LogP contribution in [-0.4, -0.2) is 6.61 Å². The highest BCUT2D eigenvalue weighted by molar-refractivity contribution is 5.31. The first-order valence-electron chi connectivity index (χ1n) is 6.17. The predicted molar refractivity (Wildman–Crippen MR) is 70.1 cm³/mol. The fourth-order valence-corrected chi connectivity index (χ4v) is 1.41. The van der Waals surface area contributed by atoms with Crippen molar-refractivity contribution in [3.05, 3.63) is 29.8 Å². The second kappa shape index (κ2) is 5.38. The first-order valence-corrected chi connectivity index (χ1v) is 6.17. The van der Waals surface area contributed by atoms with Gasteiger partial charge in [-0.15, -0.1) is 0 Å². The molecule has 0 heterocycles. The Labute approximate surface area is 99.8 Å². The monoisotopic (exact) mass is 220 g/mol. The molecule has 1 rings (SSSR count). The maximum atomic E-state index is 5.73. The van der Waals surface area contributed by atoms with E-state index in [0.29, 0.717) is 5.92 Å². The molecule has 0 aliphatic heterocycles. The topological polar surface area (TPSA) is 9.23 Å². The molecule has 0 radical (unpaired) electrons. The lowest BCUT2D eigenvalue weighted by Crippen LogP contribution is -2.11. The lowest BCUT2D eigenvalue weighted by Gasteiger charge is -2.19. The maximum absolute atomic E-state index is 5.73. The zero-order valence-electron chi connectivity index (χ0n) is 11.2. The van der Waals surface area contributed by atoms with Gasteiger partial charge in [-0.1, -0.05) is 53.2 Å². The van der Waals surface area contributed by atoms with Crippen LogP contribution in [0.1, 0.15) is 46.6 Å². The highest BCUT2D eigenvalue weighted by Gasteiger charge is 2.12. The molecule has 0 aliphatic carbocycles. The van der Waals surface area contributed by atoms with Crippen LogP contribution < -0.4 is 4.74 Å². The maximum Gasteiger partial charge on any atom is 0.119 e. The Morgan fingerprint density at radius 2 is 1.69 bits per heavy atom. The molecule has 1 unspecified atom stereocenters. The van der Waals surface area contributed by atoms with Gasteiger partial charge in [-0.2, -0.15) is 0 Å². The molecular weight excluding hydrogens is 196 g/mol.